The molecule has 1 aromatic carbocycles. The Bertz CT molecular complexity index is 689. The Morgan fingerprint density at radius 2 is 2.11 bits per heavy atom. The molecule has 0 amide bonds. The highest BCUT2D eigenvalue weighted by Crippen LogP contribution is 2.25. The van der Waals surface area contributed by atoms with Crippen molar-refractivity contribution < 1.29 is 0 Å². The third-order valence-electron chi connectivity index (χ3n) is 3.02. The lowest BCUT2D eigenvalue weighted by molar-refractivity contribution is 0.763. The van der Waals surface area contributed by atoms with Crippen LogP contribution in [0.25, 0.3) is 11.0 Å². The maximum atomic E-state index is 6.22. The lowest BCUT2D eigenvalue weighted by Gasteiger charge is -2.06. The highest BCUT2D eigenvalue weighted by atomic mass is 35.5. The van der Waals surface area contributed by atoms with Crippen molar-refractivity contribution in [2.24, 2.45) is 0 Å². The molecule has 0 saturated carbocycles. The smallest absolute Gasteiger partial charge is 0.111 e. The number of aryl methyl sites for hydroxylation is 1. The second-order valence-corrected chi connectivity index (χ2v) is 6.06. The Hall–Kier alpha value is -1.03. The monoisotopic (exact) mass is 310 g/mol. The van der Waals surface area contributed by atoms with E-state index in [0.717, 1.165) is 29.8 Å². The molecule has 0 aliphatic rings. The van der Waals surface area contributed by atoms with Crippen molar-refractivity contribution in [1.29, 1.82) is 0 Å². The van der Waals surface area contributed by atoms with E-state index in [-0.39, 0.29) is 0 Å². The fraction of sp³-hybridized carbons (Fsp3) is 0.214. The first-order valence-electron chi connectivity index (χ1n) is 6.01. The number of aromatic nitrogens is 2. The average Bonchev–Trinajstić information content (AvgIpc) is 3.01. The second-order valence-electron chi connectivity index (χ2n) is 4.24. The van der Waals surface area contributed by atoms with E-state index in [1.54, 1.807) is 11.3 Å². The summed E-state index contributed by atoms with van der Waals surface area (Å²) in [5, 5.41) is 2.78. The van der Waals surface area contributed by atoms with Gasteiger partial charge in [-0.05, 0) is 23.6 Å². The summed E-state index contributed by atoms with van der Waals surface area (Å²) >= 11 is 13.8. The van der Waals surface area contributed by atoms with E-state index >= 15 is 0 Å². The van der Waals surface area contributed by atoms with E-state index in [2.05, 4.69) is 33.1 Å². The van der Waals surface area contributed by atoms with Crippen LogP contribution < -0.4 is 0 Å². The number of hydrogen-bond donors (Lipinski definition) is 0. The second kappa shape index (κ2) is 5.53. The molecule has 3 rings (SSSR count). The summed E-state index contributed by atoms with van der Waals surface area (Å²) in [6, 6.07) is 10.1. The molecule has 2 nitrogen and oxygen atoms in total. The average molecular weight is 311 g/mol. The lowest BCUT2D eigenvalue weighted by Crippen LogP contribution is -2.04. The van der Waals surface area contributed by atoms with E-state index in [1.165, 1.54) is 4.88 Å². The molecule has 0 atom stereocenters. The summed E-state index contributed by atoms with van der Waals surface area (Å²) in [6.07, 6.45) is 0.748. The van der Waals surface area contributed by atoms with Crippen LogP contribution >= 0.6 is 34.5 Å². The van der Waals surface area contributed by atoms with Crippen molar-refractivity contribution in [2.75, 3.05) is 5.88 Å². The zero-order valence-electron chi connectivity index (χ0n) is 10.1. The Balaban J connectivity index is 2.13. The first-order valence-corrected chi connectivity index (χ1v) is 7.81. The van der Waals surface area contributed by atoms with Crippen molar-refractivity contribution >= 4 is 45.6 Å². The maximum absolute atomic E-state index is 6.22. The lowest BCUT2D eigenvalue weighted by atomic mass is 10.3. The van der Waals surface area contributed by atoms with Crippen molar-refractivity contribution in [1.82, 2.24) is 9.55 Å². The molecule has 0 bridgehead atoms. The number of benzene rings is 1. The van der Waals surface area contributed by atoms with Crippen molar-refractivity contribution in [3.63, 3.8) is 0 Å². The number of halogens is 2. The predicted octanol–water partition coefficient (Wildman–Crippen LogP) is 4.58. The number of para-hydroxylation sites is 1. The minimum absolute atomic E-state index is 0.561. The SMILES string of the molecule is ClCCc1nc2c(Cl)cccc2n1Cc1cccs1. The largest absolute Gasteiger partial charge is 0.323 e. The van der Waals surface area contributed by atoms with Gasteiger partial charge in [0.2, 0.25) is 0 Å². The van der Waals surface area contributed by atoms with Crippen LogP contribution in [0.15, 0.2) is 35.7 Å². The number of imidazole rings is 1. The fourth-order valence-corrected chi connectivity index (χ4v) is 3.24. The van der Waals surface area contributed by atoms with Gasteiger partial charge in [-0.2, -0.15) is 0 Å². The molecule has 0 radical (unpaired) electrons. The standard InChI is InChI=1S/C14H12Cl2N2S/c15-7-6-13-17-14-11(16)4-1-5-12(14)18(13)9-10-3-2-8-19-10/h1-5,8H,6-7,9H2. The van der Waals surface area contributed by atoms with Crippen LogP contribution in [0.5, 0.6) is 0 Å². The van der Waals surface area contributed by atoms with Crippen LogP contribution in [0.1, 0.15) is 10.7 Å². The molecule has 2 heterocycles. The van der Waals surface area contributed by atoms with E-state index < -0.39 is 0 Å². The quantitative estimate of drug-likeness (QED) is 0.645. The molecule has 2 aromatic heterocycles. The maximum Gasteiger partial charge on any atom is 0.111 e. The van der Waals surface area contributed by atoms with E-state index in [0.29, 0.717) is 10.9 Å². The van der Waals surface area contributed by atoms with E-state index in [4.69, 9.17) is 23.2 Å². The summed E-state index contributed by atoms with van der Waals surface area (Å²) in [7, 11) is 0. The summed E-state index contributed by atoms with van der Waals surface area (Å²) in [6.45, 7) is 0.820. The molecule has 19 heavy (non-hydrogen) atoms. The van der Waals surface area contributed by atoms with E-state index in [1.807, 2.05) is 12.1 Å². The molecule has 0 aliphatic heterocycles. The summed E-state index contributed by atoms with van der Waals surface area (Å²) < 4.78 is 2.20. The van der Waals surface area contributed by atoms with Gasteiger partial charge >= 0.3 is 0 Å². The molecular formula is C14H12Cl2N2S. The van der Waals surface area contributed by atoms with Crippen LogP contribution in [-0.2, 0) is 13.0 Å². The number of fused-ring (bicyclic) bond motifs is 1. The van der Waals surface area contributed by atoms with Gasteiger partial charge in [0, 0.05) is 17.2 Å². The summed E-state index contributed by atoms with van der Waals surface area (Å²) in [5.74, 6) is 1.55. The number of nitrogens with zero attached hydrogens (tertiary/aromatic N) is 2. The van der Waals surface area contributed by atoms with Crippen LogP contribution in [0.2, 0.25) is 5.02 Å². The van der Waals surface area contributed by atoms with E-state index in [9.17, 15) is 0 Å². The van der Waals surface area contributed by atoms with Gasteiger partial charge in [0.15, 0.2) is 0 Å². The minimum Gasteiger partial charge on any atom is -0.323 e. The molecule has 0 unspecified atom stereocenters. The third-order valence-corrected chi connectivity index (χ3v) is 4.38. The van der Waals surface area contributed by atoms with Gasteiger partial charge in [-0.25, -0.2) is 4.98 Å². The molecule has 0 spiro atoms. The fourth-order valence-electron chi connectivity index (χ4n) is 2.17. The molecular weight excluding hydrogens is 299 g/mol. The van der Waals surface area contributed by atoms with Gasteiger partial charge in [0.25, 0.3) is 0 Å². The first-order chi connectivity index (χ1) is 9.29. The van der Waals surface area contributed by atoms with Gasteiger partial charge < -0.3 is 4.57 Å². The van der Waals surface area contributed by atoms with Crippen LogP contribution in [-0.4, -0.2) is 15.4 Å². The van der Waals surface area contributed by atoms with Gasteiger partial charge in [-0.15, -0.1) is 22.9 Å². The Morgan fingerprint density at radius 3 is 2.84 bits per heavy atom. The van der Waals surface area contributed by atoms with Crippen molar-refractivity contribution in [2.45, 2.75) is 13.0 Å². The summed E-state index contributed by atoms with van der Waals surface area (Å²) in [5.41, 5.74) is 1.93. The van der Waals surface area contributed by atoms with Crippen LogP contribution in [0.4, 0.5) is 0 Å². The molecule has 0 saturated heterocycles. The molecule has 0 aliphatic carbocycles. The van der Waals surface area contributed by atoms with Crippen molar-refractivity contribution in [3.05, 3.63) is 51.4 Å². The molecule has 5 heteroatoms. The normalized spacial score (nSPS) is 11.3. The van der Waals surface area contributed by atoms with Gasteiger partial charge in [-0.3, -0.25) is 0 Å². The zero-order chi connectivity index (χ0) is 13.2. The first kappa shape index (κ1) is 13.0. The minimum atomic E-state index is 0.561. The van der Waals surface area contributed by atoms with Gasteiger partial charge in [0.1, 0.15) is 11.3 Å². The Morgan fingerprint density at radius 1 is 1.21 bits per heavy atom. The Labute approximate surface area is 125 Å². The Kier molecular flexibility index (Phi) is 3.78. The number of thiophene rings is 1. The molecule has 98 valence electrons. The molecule has 0 fully saturated rings. The highest BCUT2D eigenvalue weighted by Gasteiger charge is 2.13. The number of alkyl halides is 1. The third kappa shape index (κ3) is 2.50. The zero-order valence-corrected chi connectivity index (χ0v) is 12.5. The predicted molar refractivity (Wildman–Crippen MR) is 82.6 cm³/mol. The van der Waals surface area contributed by atoms with Gasteiger partial charge in [-0.1, -0.05) is 23.7 Å². The number of rotatable bonds is 4. The molecule has 0 N–H and O–H groups in total. The highest BCUT2D eigenvalue weighted by molar-refractivity contribution is 7.09. The topological polar surface area (TPSA) is 17.8 Å². The number of hydrogen-bond acceptors (Lipinski definition) is 2. The summed E-state index contributed by atoms with van der Waals surface area (Å²) in [4.78, 5) is 5.93. The van der Waals surface area contributed by atoms with Crippen LogP contribution in [0.3, 0.4) is 0 Å². The van der Waals surface area contributed by atoms with Gasteiger partial charge in [0.05, 0.1) is 17.1 Å². The van der Waals surface area contributed by atoms with Crippen molar-refractivity contribution in [3.8, 4) is 0 Å². The molecule has 3 aromatic rings. The van der Waals surface area contributed by atoms with Crippen LogP contribution in [0, 0.1) is 0 Å².